The molecule has 7 heteroatoms. The highest BCUT2D eigenvalue weighted by Gasteiger charge is 2.32. The van der Waals surface area contributed by atoms with Gasteiger partial charge in [0.15, 0.2) is 5.96 Å². The Hall–Kier alpha value is -0.410. The van der Waals surface area contributed by atoms with Gasteiger partial charge in [-0.15, -0.1) is 35.3 Å². The van der Waals surface area contributed by atoms with E-state index in [1.807, 2.05) is 7.05 Å². The number of nitrogens with zero attached hydrogens (tertiary/aromatic N) is 3. The zero-order chi connectivity index (χ0) is 16.1. The van der Waals surface area contributed by atoms with Crippen molar-refractivity contribution in [2.45, 2.75) is 45.2 Å². The van der Waals surface area contributed by atoms with Gasteiger partial charge in [-0.1, -0.05) is 13.8 Å². The summed E-state index contributed by atoms with van der Waals surface area (Å²) in [6, 6.07) is 0.589. The average Bonchev–Trinajstić information content (AvgIpc) is 3.18. The molecule has 1 aliphatic carbocycles. The van der Waals surface area contributed by atoms with Crippen LogP contribution in [0.3, 0.4) is 0 Å². The maximum absolute atomic E-state index is 4.64. The third-order valence-electron chi connectivity index (χ3n) is 4.10. The van der Waals surface area contributed by atoms with Crippen molar-refractivity contribution in [2.75, 3.05) is 27.7 Å². The van der Waals surface area contributed by atoms with Crippen LogP contribution in [0.5, 0.6) is 0 Å². The molecule has 0 bridgehead atoms. The van der Waals surface area contributed by atoms with Crippen molar-refractivity contribution in [1.82, 2.24) is 20.5 Å². The first-order chi connectivity index (χ1) is 10.5. The van der Waals surface area contributed by atoms with Crippen LogP contribution in [0, 0.1) is 5.92 Å². The van der Waals surface area contributed by atoms with E-state index in [-0.39, 0.29) is 24.0 Å². The number of hydrogen-bond acceptors (Lipinski definition) is 4. The van der Waals surface area contributed by atoms with Gasteiger partial charge < -0.3 is 15.5 Å². The molecule has 0 aromatic carbocycles. The predicted octanol–water partition coefficient (Wildman–Crippen LogP) is 2.89. The molecule has 132 valence electrons. The summed E-state index contributed by atoms with van der Waals surface area (Å²) < 4.78 is 0. The van der Waals surface area contributed by atoms with Crippen molar-refractivity contribution < 1.29 is 0 Å². The molecule has 0 saturated heterocycles. The third-order valence-corrected chi connectivity index (χ3v) is 4.97. The Morgan fingerprint density at radius 3 is 2.57 bits per heavy atom. The molecule has 0 amide bonds. The maximum atomic E-state index is 4.64. The minimum Gasteiger partial charge on any atom is -0.355 e. The molecule has 1 heterocycles. The van der Waals surface area contributed by atoms with Gasteiger partial charge in [-0.2, -0.15) is 0 Å². The lowest BCUT2D eigenvalue weighted by Gasteiger charge is -2.25. The molecular weight excluding hydrogens is 421 g/mol. The van der Waals surface area contributed by atoms with Crippen LogP contribution in [-0.2, 0) is 6.54 Å². The van der Waals surface area contributed by atoms with Crippen molar-refractivity contribution in [3.05, 3.63) is 16.1 Å². The van der Waals surface area contributed by atoms with Gasteiger partial charge in [0.25, 0.3) is 0 Å². The first-order valence-electron chi connectivity index (χ1n) is 8.06. The van der Waals surface area contributed by atoms with Gasteiger partial charge in [0.1, 0.15) is 5.01 Å². The smallest absolute Gasteiger partial charge is 0.191 e. The largest absolute Gasteiger partial charge is 0.355 e. The van der Waals surface area contributed by atoms with E-state index in [1.165, 1.54) is 18.5 Å². The van der Waals surface area contributed by atoms with Crippen molar-refractivity contribution in [2.24, 2.45) is 10.9 Å². The molecule has 0 aliphatic heterocycles. The van der Waals surface area contributed by atoms with Crippen LogP contribution in [-0.4, -0.2) is 49.6 Å². The molecule has 0 radical (unpaired) electrons. The number of thiazole rings is 1. The summed E-state index contributed by atoms with van der Waals surface area (Å²) >= 11 is 1.71. The summed E-state index contributed by atoms with van der Waals surface area (Å²) in [5, 5.41) is 10.1. The van der Waals surface area contributed by atoms with Crippen LogP contribution >= 0.6 is 35.3 Å². The average molecular weight is 451 g/mol. The zero-order valence-corrected chi connectivity index (χ0v) is 17.9. The normalized spacial score (nSPS) is 16.4. The summed E-state index contributed by atoms with van der Waals surface area (Å²) in [6.45, 7) is 6.01. The monoisotopic (exact) mass is 451 g/mol. The third kappa shape index (κ3) is 6.54. The standard InChI is InChI=1S/C16H29N5S.HI/c1-11(2)13-10-22-15(20-13)9-19-16(17-3)18-8-14(21(4)5)12-6-7-12;/h10-12,14H,6-9H2,1-5H3,(H2,17,18,19);1H. The van der Waals surface area contributed by atoms with E-state index in [0.29, 0.717) is 12.0 Å². The van der Waals surface area contributed by atoms with Crippen LogP contribution < -0.4 is 10.6 Å². The van der Waals surface area contributed by atoms with Crippen molar-refractivity contribution in [1.29, 1.82) is 0 Å². The molecule has 1 aliphatic rings. The maximum Gasteiger partial charge on any atom is 0.191 e. The predicted molar refractivity (Wildman–Crippen MR) is 110 cm³/mol. The summed E-state index contributed by atoms with van der Waals surface area (Å²) in [6.07, 6.45) is 2.71. The zero-order valence-electron chi connectivity index (χ0n) is 14.8. The minimum absolute atomic E-state index is 0. The van der Waals surface area contributed by atoms with Crippen LogP contribution in [0.25, 0.3) is 0 Å². The highest BCUT2D eigenvalue weighted by atomic mass is 127. The lowest BCUT2D eigenvalue weighted by Crippen LogP contribution is -2.45. The molecule has 1 saturated carbocycles. The van der Waals surface area contributed by atoms with Gasteiger partial charge in [-0.25, -0.2) is 4.98 Å². The van der Waals surface area contributed by atoms with E-state index in [0.717, 1.165) is 30.0 Å². The van der Waals surface area contributed by atoms with Gasteiger partial charge in [-0.05, 0) is 38.8 Å². The molecule has 0 spiro atoms. The molecule has 1 fully saturated rings. The van der Waals surface area contributed by atoms with Crippen molar-refractivity contribution >= 4 is 41.3 Å². The highest BCUT2D eigenvalue weighted by molar-refractivity contribution is 14.0. The molecule has 2 rings (SSSR count). The summed E-state index contributed by atoms with van der Waals surface area (Å²) in [5.41, 5.74) is 1.17. The van der Waals surface area contributed by atoms with Gasteiger partial charge in [-0.3, -0.25) is 4.99 Å². The molecular formula is C16H30IN5S. The van der Waals surface area contributed by atoms with E-state index in [1.54, 1.807) is 11.3 Å². The Kier molecular flexibility index (Phi) is 8.78. The molecule has 1 unspecified atom stereocenters. The van der Waals surface area contributed by atoms with Gasteiger partial charge in [0, 0.05) is 25.0 Å². The van der Waals surface area contributed by atoms with E-state index in [2.05, 4.69) is 58.8 Å². The lowest BCUT2D eigenvalue weighted by atomic mass is 10.1. The first kappa shape index (κ1) is 20.6. The molecule has 1 aromatic rings. The Morgan fingerprint density at radius 1 is 1.39 bits per heavy atom. The number of hydrogen-bond donors (Lipinski definition) is 2. The Morgan fingerprint density at radius 2 is 2.09 bits per heavy atom. The number of nitrogens with one attached hydrogen (secondary N) is 2. The van der Waals surface area contributed by atoms with Crippen LogP contribution in [0.2, 0.25) is 0 Å². The highest BCUT2D eigenvalue weighted by Crippen LogP contribution is 2.34. The Bertz CT molecular complexity index is 494. The van der Waals surface area contributed by atoms with E-state index < -0.39 is 0 Å². The number of likely N-dealkylation sites (N-methyl/N-ethyl adjacent to an activating group) is 1. The van der Waals surface area contributed by atoms with Crippen LogP contribution in [0.1, 0.15) is 43.3 Å². The number of aromatic nitrogens is 1. The number of guanidine groups is 1. The fourth-order valence-corrected chi connectivity index (χ4v) is 3.40. The molecule has 5 nitrogen and oxygen atoms in total. The van der Waals surface area contributed by atoms with Crippen molar-refractivity contribution in [3.63, 3.8) is 0 Å². The topological polar surface area (TPSA) is 52.6 Å². The van der Waals surface area contributed by atoms with E-state index in [9.17, 15) is 0 Å². The minimum atomic E-state index is 0. The second-order valence-electron chi connectivity index (χ2n) is 6.50. The number of aliphatic imine (C=N–C) groups is 1. The fourth-order valence-electron chi connectivity index (χ4n) is 2.50. The fraction of sp³-hybridized carbons (Fsp3) is 0.750. The summed E-state index contributed by atoms with van der Waals surface area (Å²) in [4.78, 5) is 11.3. The van der Waals surface area contributed by atoms with Crippen molar-refractivity contribution in [3.8, 4) is 0 Å². The second-order valence-corrected chi connectivity index (χ2v) is 7.44. The van der Waals surface area contributed by atoms with Gasteiger partial charge in [0.2, 0.25) is 0 Å². The molecule has 23 heavy (non-hydrogen) atoms. The Labute approximate surface area is 161 Å². The summed E-state index contributed by atoms with van der Waals surface area (Å²) in [7, 11) is 6.13. The molecule has 1 aromatic heterocycles. The first-order valence-corrected chi connectivity index (χ1v) is 8.94. The Balaban J connectivity index is 0.00000264. The van der Waals surface area contributed by atoms with Gasteiger partial charge in [0.05, 0.1) is 12.2 Å². The quantitative estimate of drug-likeness (QED) is 0.380. The second kappa shape index (κ2) is 9.78. The lowest BCUT2D eigenvalue weighted by molar-refractivity contribution is 0.264. The van der Waals surface area contributed by atoms with Gasteiger partial charge >= 0.3 is 0 Å². The summed E-state index contributed by atoms with van der Waals surface area (Å²) in [5.74, 6) is 2.18. The van der Waals surface area contributed by atoms with Crippen LogP contribution in [0.4, 0.5) is 0 Å². The molecule has 1 atom stereocenters. The SMILES string of the molecule is CN=C(NCc1nc(C(C)C)cs1)NCC(C1CC1)N(C)C.I. The number of halogens is 1. The number of rotatable bonds is 7. The molecule has 2 N–H and O–H groups in total. The van der Waals surface area contributed by atoms with Crippen LogP contribution in [0.15, 0.2) is 10.4 Å². The van der Waals surface area contributed by atoms with E-state index in [4.69, 9.17) is 0 Å². The van der Waals surface area contributed by atoms with E-state index >= 15 is 0 Å².